The molecule has 0 saturated heterocycles. The van der Waals surface area contributed by atoms with E-state index in [2.05, 4.69) is 21.4 Å². The number of aromatic nitrogens is 2. The Bertz CT molecular complexity index is 1250. The van der Waals surface area contributed by atoms with Gasteiger partial charge in [-0.2, -0.15) is 5.26 Å². The van der Waals surface area contributed by atoms with Gasteiger partial charge in [0, 0.05) is 16.5 Å². The molecule has 3 N–H and O–H groups in total. The van der Waals surface area contributed by atoms with E-state index in [0.29, 0.717) is 26.0 Å². The number of nitrogens with zero attached hydrogens (tertiary/aromatic N) is 3. The molecule has 0 atom stereocenters. The maximum absolute atomic E-state index is 12.8. The molecule has 0 fully saturated rings. The zero-order valence-corrected chi connectivity index (χ0v) is 16.7. The van der Waals surface area contributed by atoms with Crippen molar-refractivity contribution < 1.29 is 4.79 Å². The van der Waals surface area contributed by atoms with E-state index >= 15 is 0 Å². The first-order valence-electron chi connectivity index (χ1n) is 8.41. The Morgan fingerprint density at radius 1 is 1.18 bits per heavy atom. The number of aryl methyl sites for hydroxylation is 1. The Morgan fingerprint density at radius 2 is 2.00 bits per heavy atom. The third-order valence-electron chi connectivity index (χ3n) is 4.45. The number of nitriles is 1. The van der Waals surface area contributed by atoms with Crippen LogP contribution in [0.4, 0.5) is 10.7 Å². The molecule has 28 heavy (non-hydrogen) atoms. The predicted molar refractivity (Wildman–Crippen MR) is 114 cm³/mol. The van der Waals surface area contributed by atoms with Crippen molar-refractivity contribution in [2.75, 3.05) is 11.1 Å². The molecule has 4 aromatic rings. The molecule has 4 rings (SSSR count). The Balaban J connectivity index is 1.71. The second kappa shape index (κ2) is 7.03. The highest BCUT2D eigenvalue weighted by molar-refractivity contribution is 7.21. The number of carbonyl (C=O) groups is 1. The summed E-state index contributed by atoms with van der Waals surface area (Å²) in [5.74, 6) is -0.336. The van der Waals surface area contributed by atoms with Gasteiger partial charge in [0.05, 0.1) is 22.6 Å². The summed E-state index contributed by atoms with van der Waals surface area (Å²) in [7, 11) is 0. The largest absolute Gasteiger partial charge is 0.397 e. The van der Waals surface area contributed by atoms with Crippen molar-refractivity contribution in [2.24, 2.45) is 0 Å². The van der Waals surface area contributed by atoms with Gasteiger partial charge >= 0.3 is 0 Å². The lowest BCUT2D eigenvalue weighted by Crippen LogP contribution is -2.11. The minimum Gasteiger partial charge on any atom is -0.397 e. The SMILES string of the molecule is Cc1sc(NC(=O)c2sc3nc(-c4ccccn4)ccc3c2N)c(C#N)c1C. The quantitative estimate of drug-likeness (QED) is 0.512. The summed E-state index contributed by atoms with van der Waals surface area (Å²) in [5, 5.41) is 13.5. The molecule has 0 radical (unpaired) electrons. The standard InChI is InChI=1S/C20H15N5OS2/c1-10-11(2)27-20(13(10)9-21)25-18(26)17-16(22)12-6-7-15(24-19(12)28-17)14-5-3-4-8-23-14/h3-8H,22H2,1-2H3,(H,25,26). The van der Waals surface area contributed by atoms with Crippen LogP contribution in [0.25, 0.3) is 21.6 Å². The normalized spacial score (nSPS) is 10.8. The highest BCUT2D eigenvalue weighted by Gasteiger charge is 2.21. The number of amides is 1. The van der Waals surface area contributed by atoms with Gasteiger partial charge in [-0.25, -0.2) is 4.98 Å². The summed E-state index contributed by atoms with van der Waals surface area (Å²) in [6.07, 6.45) is 1.71. The van der Waals surface area contributed by atoms with E-state index in [1.54, 1.807) is 6.20 Å². The van der Waals surface area contributed by atoms with E-state index < -0.39 is 0 Å². The van der Waals surface area contributed by atoms with Crippen LogP contribution in [0.1, 0.15) is 25.7 Å². The summed E-state index contributed by atoms with van der Waals surface area (Å²) in [6.45, 7) is 3.80. The summed E-state index contributed by atoms with van der Waals surface area (Å²) >= 11 is 2.62. The molecule has 0 unspecified atom stereocenters. The van der Waals surface area contributed by atoms with Crippen molar-refractivity contribution in [3.05, 3.63) is 57.4 Å². The number of anilines is 2. The number of nitrogen functional groups attached to an aromatic ring is 1. The first-order valence-corrected chi connectivity index (χ1v) is 10.0. The molecule has 0 aliphatic rings. The van der Waals surface area contributed by atoms with E-state index in [4.69, 9.17) is 5.73 Å². The fourth-order valence-electron chi connectivity index (χ4n) is 2.83. The second-order valence-corrected chi connectivity index (χ2v) is 8.39. The van der Waals surface area contributed by atoms with Gasteiger partial charge in [-0.15, -0.1) is 22.7 Å². The van der Waals surface area contributed by atoms with Crippen LogP contribution in [0, 0.1) is 25.2 Å². The Labute approximate surface area is 169 Å². The van der Waals surface area contributed by atoms with Crippen molar-refractivity contribution in [1.29, 1.82) is 5.26 Å². The average Bonchev–Trinajstić information content (AvgIpc) is 3.18. The average molecular weight is 406 g/mol. The van der Waals surface area contributed by atoms with Crippen LogP contribution < -0.4 is 11.1 Å². The molecule has 0 aromatic carbocycles. The molecular weight excluding hydrogens is 390 g/mol. The van der Waals surface area contributed by atoms with E-state index in [0.717, 1.165) is 27.2 Å². The van der Waals surface area contributed by atoms with E-state index in [1.165, 1.54) is 22.7 Å². The van der Waals surface area contributed by atoms with Crippen LogP contribution in [-0.4, -0.2) is 15.9 Å². The number of carbonyl (C=O) groups excluding carboxylic acids is 1. The molecule has 0 aliphatic heterocycles. The topological polar surface area (TPSA) is 105 Å². The third-order valence-corrected chi connectivity index (χ3v) is 6.69. The molecule has 0 saturated carbocycles. The molecule has 0 aliphatic carbocycles. The van der Waals surface area contributed by atoms with E-state index in [9.17, 15) is 10.1 Å². The molecule has 1 amide bonds. The summed E-state index contributed by atoms with van der Waals surface area (Å²) in [4.78, 5) is 23.8. The smallest absolute Gasteiger partial charge is 0.268 e. The predicted octanol–water partition coefficient (Wildman–Crippen LogP) is 4.74. The summed E-state index contributed by atoms with van der Waals surface area (Å²) in [6, 6.07) is 11.5. The van der Waals surface area contributed by atoms with Gasteiger partial charge < -0.3 is 11.1 Å². The van der Waals surface area contributed by atoms with Crippen molar-refractivity contribution in [1.82, 2.24) is 9.97 Å². The van der Waals surface area contributed by atoms with Crippen molar-refractivity contribution in [3.63, 3.8) is 0 Å². The molecule has 0 spiro atoms. The Kier molecular flexibility index (Phi) is 4.55. The number of nitrogens with one attached hydrogen (secondary N) is 1. The molecular formula is C20H15N5OS2. The number of rotatable bonds is 3. The maximum atomic E-state index is 12.8. The molecule has 4 heterocycles. The van der Waals surface area contributed by atoms with E-state index in [1.807, 2.05) is 44.2 Å². The van der Waals surface area contributed by atoms with Gasteiger partial charge in [0.25, 0.3) is 5.91 Å². The lowest BCUT2D eigenvalue weighted by molar-refractivity contribution is 0.103. The highest BCUT2D eigenvalue weighted by atomic mass is 32.1. The van der Waals surface area contributed by atoms with Crippen molar-refractivity contribution in [3.8, 4) is 17.5 Å². The van der Waals surface area contributed by atoms with E-state index in [-0.39, 0.29) is 5.91 Å². The summed E-state index contributed by atoms with van der Waals surface area (Å²) in [5.41, 5.74) is 9.46. The second-order valence-electron chi connectivity index (χ2n) is 6.16. The maximum Gasteiger partial charge on any atom is 0.268 e. The van der Waals surface area contributed by atoms with Gasteiger partial charge in [-0.05, 0) is 43.7 Å². The fourth-order valence-corrected chi connectivity index (χ4v) is 4.83. The molecule has 8 heteroatoms. The number of hydrogen-bond acceptors (Lipinski definition) is 7. The van der Waals surface area contributed by atoms with Crippen molar-refractivity contribution in [2.45, 2.75) is 13.8 Å². The lowest BCUT2D eigenvalue weighted by atomic mass is 10.2. The van der Waals surface area contributed by atoms with Crippen molar-refractivity contribution >= 4 is 49.5 Å². The van der Waals surface area contributed by atoms with Crippen LogP contribution in [0.5, 0.6) is 0 Å². The van der Waals surface area contributed by atoms with Crippen LogP contribution in [0.15, 0.2) is 36.5 Å². The minimum absolute atomic E-state index is 0.336. The number of thiophene rings is 2. The van der Waals surface area contributed by atoms with Crippen LogP contribution in [0.3, 0.4) is 0 Å². The lowest BCUT2D eigenvalue weighted by Gasteiger charge is -2.02. The first kappa shape index (κ1) is 18.1. The number of nitrogens with two attached hydrogens (primary N) is 1. The zero-order chi connectivity index (χ0) is 19.8. The molecule has 0 bridgehead atoms. The van der Waals surface area contributed by atoms with Crippen LogP contribution >= 0.6 is 22.7 Å². The van der Waals surface area contributed by atoms with Gasteiger partial charge in [0.15, 0.2) is 0 Å². The minimum atomic E-state index is -0.336. The van der Waals surface area contributed by atoms with Crippen LogP contribution in [-0.2, 0) is 0 Å². The van der Waals surface area contributed by atoms with Gasteiger partial charge in [-0.1, -0.05) is 6.07 Å². The summed E-state index contributed by atoms with van der Waals surface area (Å²) < 4.78 is 0. The van der Waals surface area contributed by atoms with Crippen LogP contribution in [0.2, 0.25) is 0 Å². The Morgan fingerprint density at radius 3 is 2.71 bits per heavy atom. The molecule has 138 valence electrons. The first-order chi connectivity index (χ1) is 13.5. The highest BCUT2D eigenvalue weighted by Crippen LogP contribution is 2.36. The van der Waals surface area contributed by atoms with Gasteiger partial charge in [0.1, 0.15) is 20.8 Å². The third kappa shape index (κ3) is 3.01. The molecule has 4 aromatic heterocycles. The number of fused-ring (bicyclic) bond motifs is 1. The van der Waals surface area contributed by atoms with Gasteiger partial charge in [-0.3, -0.25) is 9.78 Å². The number of hydrogen-bond donors (Lipinski definition) is 2. The Hall–Kier alpha value is -3.28. The zero-order valence-electron chi connectivity index (χ0n) is 15.1. The fraction of sp³-hybridized carbons (Fsp3) is 0.100. The molecule has 6 nitrogen and oxygen atoms in total. The monoisotopic (exact) mass is 405 g/mol. The van der Waals surface area contributed by atoms with Gasteiger partial charge in [0.2, 0.25) is 0 Å². The number of pyridine rings is 2.